The SMILES string of the molecule is CC(=O)c1ccc(-c2ccc3c(c2)C(=O)NC3=O)cc1C(C)=O. The standard InChI is InChI=1S/C18H13NO4/c1-9(20)13-5-3-11(7-15(13)10(2)21)12-4-6-14-16(8-12)18(23)19-17(14)22/h3-8H,1-2H3,(H,19,22,23). The molecular formula is C18H13NO4. The smallest absolute Gasteiger partial charge is 0.258 e. The maximum atomic E-state index is 11.8. The van der Waals surface area contributed by atoms with Gasteiger partial charge in [-0.2, -0.15) is 0 Å². The van der Waals surface area contributed by atoms with Gasteiger partial charge in [-0.15, -0.1) is 0 Å². The molecule has 2 aromatic rings. The largest absolute Gasteiger partial charge is 0.294 e. The number of hydrogen-bond acceptors (Lipinski definition) is 4. The van der Waals surface area contributed by atoms with Crippen molar-refractivity contribution >= 4 is 23.4 Å². The number of rotatable bonds is 3. The van der Waals surface area contributed by atoms with Gasteiger partial charge in [0.1, 0.15) is 0 Å². The van der Waals surface area contributed by atoms with Crippen LogP contribution in [0.5, 0.6) is 0 Å². The number of nitrogens with one attached hydrogen (secondary N) is 1. The van der Waals surface area contributed by atoms with Gasteiger partial charge < -0.3 is 0 Å². The minimum atomic E-state index is -0.431. The minimum Gasteiger partial charge on any atom is -0.294 e. The number of carbonyl (C=O) groups excluding carboxylic acids is 4. The van der Waals surface area contributed by atoms with Gasteiger partial charge in [-0.1, -0.05) is 18.2 Å². The van der Waals surface area contributed by atoms with E-state index in [9.17, 15) is 19.2 Å². The average molecular weight is 307 g/mol. The van der Waals surface area contributed by atoms with Gasteiger partial charge in [-0.3, -0.25) is 24.5 Å². The molecule has 0 spiro atoms. The van der Waals surface area contributed by atoms with E-state index in [0.717, 1.165) is 0 Å². The highest BCUT2D eigenvalue weighted by molar-refractivity contribution is 6.22. The molecule has 0 saturated carbocycles. The van der Waals surface area contributed by atoms with Crippen molar-refractivity contribution in [3.05, 3.63) is 58.7 Å². The number of hydrogen-bond donors (Lipinski definition) is 1. The van der Waals surface area contributed by atoms with Crippen LogP contribution in [0.3, 0.4) is 0 Å². The van der Waals surface area contributed by atoms with Crippen molar-refractivity contribution in [1.82, 2.24) is 5.32 Å². The third-order valence-electron chi connectivity index (χ3n) is 3.85. The number of ketones is 2. The van der Waals surface area contributed by atoms with Gasteiger partial charge in [0.2, 0.25) is 0 Å². The van der Waals surface area contributed by atoms with Crippen molar-refractivity contribution in [2.75, 3.05) is 0 Å². The summed E-state index contributed by atoms with van der Waals surface area (Å²) >= 11 is 0. The van der Waals surface area contributed by atoms with Gasteiger partial charge in [0.25, 0.3) is 11.8 Å². The summed E-state index contributed by atoms with van der Waals surface area (Å²) in [4.78, 5) is 46.7. The van der Waals surface area contributed by atoms with Crippen molar-refractivity contribution in [2.24, 2.45) is 0 Å². The summed E-state index contributed by atoms with van der Waals surface area (Å²) in [7, 11) is 0. The highest BCUT2D eigenvalue weighted by Gasteiger charge is 2.26. The molecule has 0 unspecified atom stereocenters. The van der Waals surface area contributed by atoms with Crippen LogP contribution >= 0.6 is 0 Å². The van der Waals surface area contributed by atoms with Gasteiger partial charge in [-0.25, -0.2) is 0 Å². The van der Waals surface area contributed by atoms with Crippen LogP contribution < -0.4 is 5.32 Å². The molecule has 114 valence electrons. The number of Topliss-reactive ketones (excluding diaryl/α,β-unsaturated/α-hetero) is 2. The molecule has 3 rings (SSSR count). The van der Waals surface area contributed by atoms with Gasteiger partial charge >= 0.3 is 0 Å². The van der Waals surface area contributed by atoms with Gasteiger partial charge in [0.05, 0.1) is 11.1 Å². The summed E-state index contributed by atoms with van der Waals surface area (Å²) < 4.78 is 0. The zero-order chi connectivity index (χ0) is 16.7. The van der Waals surface area contributed by atoms with Gasteiger partial charge in [0.15, 0.2) is 11.6 Å². The van der Waals surface area contributed by atoms with Gasteiger partial charge in [0, 0.05) is 11.1 Å². The highest BCUT2D eigenvalue weighted by atomic mass is 16.2. The van der Waals surface area contributed by atoms with E-state index < -0.39 is 11.8 Å². The molecular weight excluding hydrogens is 294 g/mol. The molecule has 1 N–H and O–H groups in total. The lowest BCUT2D eigenvalue weighted by atomic mass is 9.94. The number of imide groups is 1. The summed E-state index contributed by atoms with van der Waals surface area (Å²) in [5.41, 5.74) is 2.77. The zero-order valence-electron chi connectivity index (χ0n) is 12.6. The Kier molecular flexibility index (Phi) is 3.41. The van der Waals surface area contributed by atoms with Crippen molar-refractivity contribution in [3.8, 4) is 11.1 Å². The van der Waals surface area contributed by atoms with Crippen LogP contribution in [0, 0.1) is 0 Å². The van der Waals surface area contributed by atoms with Crippen LogP contribution in [-0.2, 0) is 0 Å². The monoisotopic (exact) mass is 307 g/mol. The predicted octanol–water partition coefficient (Wildman–Crippen LogP) is 2.64. The van der Waals surface area contributed by atoms with Crippen molar-refractivity contribution < 1.29 is 19.2 Å². The third kappa shape index (κ3) is 2.46. The molecule has 2 aromatic carbocycles. The van der Waals surface area contributed by atoms with Crippen LogP contribution in [0.4, 0.5) is 0 Å². The fourth-order valence-corrected chi connectivity index (χ4v) is 2.67. The fraction of sp³-hybridized carbons (Fsp3) is 0.111. The van der Waals surface area contributed by atoms with Crippen molar-refractivity contribution in [1.29, 1.82) is 0 Å². The Morgan fingerprint density at radius 2 is 1.30 bits per heavy atom. The topological polar surface area (TPSA) is 80.3 Å². The first-order valence-electron chi connectivity index (χ1n) is 7.04. The Labute approximate surface area is 132 Å². The first kappa shape index (κ1) is 14.8. The van der Waals surface area contributed by atoms with Crippen LogP contribution in [0.2, 0.25) is 0 Å². The highest BCUT2D eigenvalue weighted by Crippen LogP contribution is 2.27. The maximum absolute atomic E-state index is 11.8. The van der Waals surface area contributed by atoms with Gasteiger partial charge in [-0.05, 0) is 43.2 Å². The molecule has 1 aliphatic rings. The Hall–Kier alpha value is -3.08. The fourth-order valence-electron chi connectivity index (χ4n) is 2.67. The summed E-state index contributed by atoms with van der Waals surface area (Å²) in [6, 6.07) is 9.87. The molecule has 0 atom stereocenters. The predicted molar refractivity (Wildman–Crippen MR) is 83.7 cm³/mol. The molecule has 0 radical (unpaired) electrons. The van der Waals surface area contributed by atoms with E-state index in [4.69, 9.17) is 0 Å². The number of fused-ring (bicyclic) bond motifs is 1. The van der Waals surface area contributed by atoms with Crippen LogP contribution in [0.25, 0.3) is 11.1 Å². The van der Waals surface area contributed by atoms with E-state index >= 15 is 0 Å². The first-order chi connectivity index (χ1) is 10.9. The molecule has 2 amide bonds. The molecule has 23 heavy (non-hydrogen) atoms. The van der Waals surface area contributed by atoms with E-state index in [1.54, 1.807) is 36.4 Å². The quantitative estimate of drug-likeness (QED) is 0.698. The van der Waals surface area contributed by atoms with Crippen LogP contribution in [0.15, 0.2) is 36.4 Å². The summed E-state index contributed by atoms with van der Waals surface area (Å²) in [6.07, 6.45) is 0. The molecule has 0 aromatic heterocycles. The van der Waals surface area contributed by atoms with Crippen molar-refractivity contribution in [2.45, 2.75) is 13.8 Å². The maximum Gasteiger partial charge on any atom is 0.258 e. The lowest BCUT2D eigenvalue weighted by Gasteiger charge is -2.08. The Balaban J connectivity index is 2.13. The second kappa shape index (κ2) is 5.28. The third-order valence-corrected chi connectivity index (χ3v) is 3.85. The summed E-state index contributed by atoms with van der Waals surface area (Å²) in [5.74, 6) is -1.22. The summed E-state index contributed by atoms with van der Waals surface area (Å²) in [6.45, 7) is 2.81. The number of benzene rings is 2. The molecule has 5 heteroatoms. The van der Waals surface area contributed by atoms with E-state index in [2.05, 4.69) is 5.32 Å². The summed E-state index contributed by atoms with van der Waals surface area (Å²) in [5, 5.41) is 2.24. The van der Waals surface area contributed by atoms with E-state index in [1.165, 1.54) is 13.8 Å². The molecule has 5 nitrogen and oxygen atoms in total. The minimum absolute atomic E-state index is 0.180. The second-order valence-electron chi connectivity index (χ2n) is 5.42. The zero-order valence-corrected chi connectivity index (χ0v) is 12.6. The van der Waals surface area contributed by atoms with E-state index in [0.29, 0.717) is 33.4 Å². The molecule has 0 aliphatic carbocycles. The van der Waals surface area contributed by atoms with Crippen molar-refractivity contribution in [3.63, 3.8) is 0 Å². The number of carbonyl (C=O) groups is 4. The lowest BCUT2D eigenvalue weighted by Crippen LogP contribution is -2.19. The lowest BCUT2D eigenvalue weighted by molar-refractivity contribution is 0.0878. The normalized spacial score (nSPS) is 12.8. The van der Waals surface area contributed by atoms with E-state index in [1.807, 2.05) is 0 Å². The number of amides is 2. The Morgan fingerprint density at radius 3 is 1.96 bits per heavy atom. The average Bonchev–Trinajstić information content (AvgIpc) is 2.80. The second-order valence-corrected chi connectivity index (χ2v) is 5.42. The molecule has 0 saturated heterocycles. The van der Waals surface area contributed by atoms with E-state index in [-0.39, 0.29) is 11.6 Å². The first-order valence-corrected chi connectivity index (χ1v) is 7.04. The molecule has 1 aliphatic heterocycles. The molecule has 1 heterocycles. The Morgan fingerprint density at radius 1 is 0.739 bits per heavy atom. The Bertz CT molecular complexity index is 896. The van der Waals surface area contributed by atoms with Crippen LogP contribution in [0.1, 0.15) is 55.3 Å². The van der Waals surface area contributed by atoms with Crippen LogP contribution in [-0.4, -0.2) is 23.4 Å². The molecule has 0 bridgehead atoms. The molecule has 0 fully saturated rings.